The summed E-state index contributed by atoms with van der Waals surface area (Å²) in [5.41, 5.74) is 2.71. The largest absolute Gasteiger partial charge is 0.481 e. The fourth-order valence-electron chi connectivity index (χ4n) is 3.98. The van der Waals surface area contributed by atoms with Crippen molar-refractivity contribution in [1.82, 2.24) is 0 Å². The first-order chi connectivity index (χ1) is 15.4. The lowest BCUT2D eigenvalue weighted by Crippen LogP contribution is -2.78. The highest BCUT2D eigenvalue weighted by Gasteiger charge is 2.29. The minimum atomic E-state index is -0.709. The van der Waals surface area contributed by atoms with Gasteiger partial charge >= 0.3 is 11.9 Å². The number of methoxy groups -OCH3 is 1. The average Bonchev–Trinajstić information content (AvgIpc) is 2.78. The molecule has 0 radical (unpaired) electrons. The van der Waals surface area contributed by atoms with Crippen LogP contribution in [0, 0.1) is 0 Å². The molecule has 0 aliphatic carbocycles. The van der Waals surface area contributed by atoms with Gasteiger partial charge in [-0.1, -0.05) is 33.1 Å². The van der Waals surface area contributed by atoms with Gasteiger partial charge in [0, 0.05) is 41.4 Å². The van der Waals surface area contributed by atoms with Crippen LogP contribution in [0.2, 0.25) is 0 Å². The number of unbranched alkanes of at least 4 members (excludes halogenated alkanes) is 5. The first kappa shape index (κ1) is 28.5. The number of carbonyl (C=O) groups excluding carboxylic acids is 1. The standard InChI is InChI=1S/C25H41NO5S/c1-5-25(2,17-11-8-10-14-24(29)30-3)21-19-20(32-31-4)15-16-22(21)26-18-12-7-6-9-13-23(27)28/h15-16,19,26H,5-14,17-18H2,1-4H3,(H,27,28)/p+1. The van der Waals surface area contributed by atoms with Crippen LogP contribution in [0.3, 0.4) is 0 Å². The van der Waals surface area contributed by atoms with Crippen molar-refractivity contribution in [1.29, 1.82) is 0 Å². The summed E-state index contributed by atoms with van der Waals surface area (Å²) in [6, 6.07) is 6.58. The van der Waals surface area contributed by atoms with Crippen LogP contribution in [0.15, 0.2) is 23.1 Å². The van der Waals surface area contributed by atoms with E-state index in [4.69, 9.17) is 14.0 Å². The smallest absolute Gasteiger partial charge is 0.305 e. The molecule has 1 atom stereocenters. The maximum atomic E-state index is 11.3. The topological polar surface area (TPSA) is 89.4 Å². The van der Waals surface area contributed by atoms with E-state index in [0.717, 1.165) is 69.2 Å². The molecule has 1 aromatic carbocycles. The molecule has 1 aromatic rings. The number of hydrogen-bond donors (Lipinski definition) is 2. The van der Waals surface area contributed by atoms with Crippen LogP contribution in [0.5, 0.6) is 0 Å². The lowest BCUT2D eigenvalue weighted by atomic mass is 9.75. The second kappa shape index (κ2) is 16.1. The van der Waals surface area contributed by atoms with Crippen LogP contribution in [0.25, 0.3) is 0 Å². The number of benzene rings is 1. The Bertz CT molecular complexity index is 697. The van der Waals surface area contributed by atoms with Gasteiger partial charge in [-0.05, 0) is 56.1 Å². The van der Waals surface area contributed by atoms with E-state index in [0.29, 0.717) is 6.42 Å². The second-order valence-corrected chi connectivity index (χ2v) is 9.57. The number of ether oxygens (including phenoxy) is 1. The molecule has 0 fully saturated rings. The second-order valence-electron chi connectivity index (χ2n) is 8.60. The Balaban J connectivity index is 2.73. The van der Waals surface area contributed by atoms with E-state index in [2.05, 4.69) is 37.4 Å². The van der Waals surface area contributed by atoms with Crippen molar-refractivity contribution in [3.63, 3.8) is 0 Å². The Morgan fingerprint density at radius 2 is 1.72 bits per heavy atom. The summed E-state index contributed by atoms with van der Waals surface area (Å²) < 4.78 is 10.0. The third kappa shape index (κ3) is 10.8. The summed E-state index contributed by atoms with van der Waals surface area (Å²) in [7, 11) is 3.13. The van der Waals surface area contributed by atoms with Gasteiger partial charge < -0.3 is 19.3 Å². The Morgan fingerprint density at radius 1 is 1.03 bits per heavy atom. The molecule has 6 nitrogen and oxygen atoms in total. The number of carbonyl (C=O) groups is 2. The molecule has 0 bridgehead atoms. The van der Waals surface area contributed by atoms with E-state index in [1.807, 2.05) is 0 Å². The third-order valence-corrected chi connectivity index (χ3v) is 6.79. The molecule has 0 aromatic heterocycles. The lowest BCUT2D eigenvalue weighted by Gasteiger charge is -2.30. The summed E-state index contributed by atoms with van der Waals surface area (Å²) in [6.07, 6.45) is 9.69. The van der Waals surface area contributed by atoms with Gasteiger partial charge in [-0.15, -0.1) is 0 Å². The van der Waals surface area contributed by atoms with E-state index in [-0.39, 0.29) is 17.8 Å². The number of carboxylic acid groups (broad SMARTS) is 1. The molecule has 0 saturated carbocycles. The molecule has 0 saturated heterocycles. The molecule has 0 aliphatic rings. The van der Waals surface area contributed by atoms with Gasteiger partial charge in [-0.25, -0.2) is 0 Å². The van der Waals surface area contributed by atoms with Crippen molar-refractivity contribution in [2.75, 3.05) is 20.8 Å². The Morgan fingerprint density at radius 3 is 2.38 bits per heavy atom. The zero-order valence-electron chi connectivity index (χ0n) is 20.3. The van der Waals surface area contributed by atoms with Crippen LogP contribution in [0.1, 0.15) is 90.0 Å². The summed E-state index contributed by atoms with van der Waals surface area (Å²) in [6.45, 7) is 5.58. The molecule has 32 heavy (non-hydrogen) atoms. The van der Waals surface area contributed by atoms with Crippen molar-refractivity contribution in [2.24, 2.45) is 0 Å². The SMILES string of the molecule is CCC(C)(CCCCCC(=O)OC)c1cc(SOC)ccc1[NH2+]CCCCCCC(=O)O. The van der Waals surface area contributed by atoms with Crippen molar-refractivity contribution < 1.29 is 28.9 Å². The zero-order chi connectivity index (χ0) is 23.8. The summed E-state index contributed by atoms with van der Waals surface area (Å²) in [4.78, 5) is 23.1. The van der Waals surface area contributed by atoms with Gasteiger partial charge in [0.1, 0.15) is 5.69 Å². The fraction of sp³-hybridized carbons (Fsp3) is 0.680. The molecule has 0 spiro atoms. The lowest BCUT2D eigenvalue weighted by molar-refractivity contribution is -0.572. The molecule has 7 heteroatoms. The molecule has 1 unspecified atom stereocenters. The number of quaternary nitrogens is 1. The van der Waals surface area contributed by atoms with E-state index >= 15 is 0 Å². The highest BCUT2D eigenvalue weighted by atomic mass is 32.2. The fourth-order valence-corrected chi connectivity index (χ4v) is 4.46. The molecular weight excluding hydrogens is 426 g/mol. The van der Waals surface area contributed by atoms with E-state index in [9.17, 15) is 9.59 Å². The molecule has 0 amide bonds. The number of carboxylic acids is 1. The Kier molecular flexibility index (Phi) is 14.3. The Labute approximate surface area is 198 Å². The number of aliphatic carboxylic acids is 1. The predicted octanol–water partition coefficient (Wildman–Crippen LogP) is 5.36. The van der Waals surface area contributed by atoms with Crippen LogP contribution < -0.4 is 5.32 Å². The first-order valence-electron chi connectivity index (χ1n) is 11.8. The number of esters is 1. The van der Waals surface area contributed by atoms with Gasteiger partial charge in [0.25, 0.3) is 0 Å². The quantitative estimate of drug-likeness (QED) is 0.130. The zero-order valence-corrected chi connectivity index (χ0v) is 21.1. The maximum Gasteiger partial charge on any atom is 0.305 e. The third-order valence-electron chi connectivity index (χ3n) is 6.18. The minimum absolute atomic E-state index is 0.0584. The molecule has 3 N–H and O–H groups in total. The van der Waals surface area contributed by atoms with Gasteiger partial charge in [-0.2, -0.15) is 0 Å². The number of hydrogen-bond acceptors (Lipinski definition) is 5. The molecule has 0 aliphatic heterocycles. The molecule has 1 rings (SSSR count). The average molecular weight is 469 g/mol. The van der Waals surface area contributed by atoms with Crippen LogP contribution in [-0.4, -0.2) is 37.8 Å². The van der Waals surface area contributed by atoms with E-state index in [1.165, 1.54) is 30.4 Å². The summed E-state index contributed by atoms with van der Waals surface area (Å²) >= 11 is 1.39. The van der Waals surface area contributed by atoms with Crippen molar-refractivity contribution in [2.45, 2.75) is 94.8 Å². The van der Waals surface area contributed by atoms with Gasteiger partial charge in [0.2, 0.25) is 0 Å². The minimum Gasteiger partial charge on any atom is -0.481 e. The number of nitrogens with two attached hydrogens (primary N) is 1. The van der Waals surface area contributed by atoms with Crippen molar-refractivity contribution in [3.8, 4) is 0 Å². The summed E-state index contributed by atoms with van der Waals surface area (Å²) in [5, 5.41) is 11.1. The van der Waals surface area contributed by atoms with Crippen molar-refractivity contribution in [3.05, 3.63) is 23.8 Å². The monoisotopic (exact) mass is 468 g/mol. The van der Waals surface area contributed by atoms with Gasteiger partial charge in [0.05, 0.1) is 20.8 Å². The highest BCUT2D eigenvalue weighted by Crippen LogP contribution is 2.38. The summed E-state index contributed by atoms with van der Waals surface area (Å²) in [5.74, 6) is -0.841. The van der Waals surface area contributed by atoms with E-state index in [1.54, 1.807) is 7.11 Å². The van der Waals surface area contributed by atoms with Crippen molar-refractivity contribution >= 4 is 29.7 Å². The first-order valence-corrected chi connectivity index (χ1v) is 12.6. The van der Waals surface area contributed by atoms with Crippen LogP contribution in [0.4, 0.5) is 5.69 Å². The van der Waals surface area contributed by atoms with Crippen LogP contribution >= 0.6 is 12.0 Å². The van der Waals surface area contributed by atoms with Gasteiger partial charge in [0.15, 0.2) is 0 Å². The number of rotatable bonds is 18. The molecule has 0 heterocycles. The van der Waals surface area contributed by atoms with E-state index < -0.39 is 5.97 Å². The molecule has 182 valence electrons. The maximum absolute atomic E-state index is 11.3. The van der Waals surface area contributed by atoms with Gasteiger partial charge in [-0.3, -0.25) is 9.59 Å². The molecular formula is C25H42NO5S+. The van der Waals surface area contributed by atoms with Crippen LogP contribution in [-0.2, 0) is 23.9 Å². The highest BCUT2D eigenvalue weighted by molar-refractivity contribution is 7.94. The normalized spacial score (nSPS) is 13.0. The predicted molar refractivity (Wildman–Crippen MR) is 129 cm³/mol. The Hall–Kier alpha value is -1.57.